The molecule has 2 amide bonds. The van der Waals surface area contributed by atoms with Crippen LogP contribution in [-0.4, -0.2) is 23.1 Å². The normalized spacial score (nSPS) is 13.4. The fourth-order valence-electron chi connectivity index (χ4n) is 1.62. The average Bonchev–Trinajstić information content (AvgIpc) is 2.40. The summed E-state index contributed by atoms with van der Waals surface area (Å²) in [5.74, 6) is -6.13. The highest BCUT2D eigenvalue weighted by Crippen LogP contribution is 2.17. The fraction of sp³-hybridized carbons (Fsp3) is 0.385. The summed E-state index contributed by atoms with van der Waals surface area (Å²) in [5.41, 5.74) is -0.322. The van der Waals surface area contributed by atoms with Crippen LogP contribution in [0, 0.1) is 23.4 Å². The monoisotopic (exact) mass is 304 g/mol. The number of carbonyl (C=O) groups is 2. The second-order valence-corrected chi connectivity index (χ2v) is 4.55. The highest BCUT2D eigenvalue weighted by molar-refractivity contribution is 5.92. The van der Waals surface area contributed by atoms with Gasteiger partial charge in [0.25, 0.3) is 0 Å². The molecule has 0 bridgehead atoms. The standard InChI is InChI=1S/C13H15F3N2O3/c1-3-6(2)11(12(19)20)18-13(21)17-7-4-8(14)10(16)9(15)5-7/h4-6,11H,3H2,1-2H3,(H,19,20)(H2,17,18,21)/t6-,11-/m0/s1. The largest absolute Gasteiger partial charge is 0.480 e. The zero-order valence-electron chi connectivity index (χ0n) is 11.4. The van der Waals surface area contributed by atoms with Crippen LogP contribution in [0.4, 0.5) is 23.7 Å². The summed E-state index contributed by atoms with van der Waals surface area (Å²) >= 11 is 0. The molecule has 0 saturated heterocycles. The Balaban J connectivity index is 2.79. The number of hydrogen-bond acceptors (Lipinski definition) is 2. The van der Waals surface area contributed by atoms with Gasteiger partial charge in [-0.1, -0.05) is 20.3 Å². The van der Waals surface area contributed by atoms with Crippen LogP contribution < -0.4 is 10.6 Å². The molecule has 3 N–H and O–H groups in total. The quantitative estimate of drug-likeness (QED) is 0.732. The number of hydrogen-bond donors (Lipinski definition) is 3. The van der Waals surface area contributed by atoms with Gasteiger partial charge in [-0.05, 0) is 5.92 Å². The lowest BCUT2D eigenvalue weighted by molar-refractivity contribution is -0.140. The maximum absolute atomic E-state index is 13.0. The van der Waals surface area contributed by atoms with Crippen molar-refractivity contribution < 1.29 is 27.9 Å². The molecular formula is C13H15F3N2O3. The number of amides is 2. The highest BCUT2D eigenvalue weighted by Gasteiger charge is 2.25. The number of carboxylic acids is 1. The number of aliphatic carboxylic acids is 1. The predicted octanol–water partition coefficient (Wildman–Crippen LogP) is 2.72. The Morgan fingerprint density at radius 1 is 1.24 bits per heavy atom. The van der Waals surface area contributed by atoms with Gasteiger partial charge in [0, 0.05) is 17.8 Å². The average molecular weight is 304 g/mol. The molecule has 0 radical (unpaired) electrons. The summed E-state index contributed by atoms with van der Waals surface area (Å²) in [7, 11) is 0. The van der Waals surface area contributed by atoms with Crippen LogP contribution in [0.3, 0.4) is 0 Å². The van der Waals surface area contributed by atoms with E-state index in [1.165, 1.54) is 0 Å². The minimum atomic E-state index is -1.65. The minimum absolute atomic E-state index is 0.322. The van der Waals surface area contributed by atoms with E-state index in [1.54, 1.807) is 13.8 Å². The first-order valence-corrected chi connectivity index (χ1v) is 6.21. The maximum Gasteiger partial charge on any atom is 0.326 e. The van der Waals surface area contributed by atoms with Gasteiger partial charge in [-0.15, -0.1) is 0 Å². The van der Waals surface area contributed by atoms with Gasteiger partial charge in [-0.25, -0.2) is 22.8 Å². The molecule has 0 saturated carbocycles. The first-order valence-electron chi connectivity index (χ1n) is 6.21. The van der Waals surface area contributed by atoms with Crippen LogP contribution in [0.15, 0.2) is 12.1 Å². The Hall–Kier alpha value is -2.25. The van der Waals surface area contributed by atoms with Crippen molar-refractivity contribution in [1.29, 1.82) is 0 Å². The molecule has 0 aliphatic rings. The van der Waals surface area contributed by atoms with Crippen molar-refractivity contribution in [3.8, 4) is 0 Å². The van der Waals surface area contributed by atoms with Crippen LogP contribution >= 0.6 is 0 Å². The van der Waals surface area contributed by atoms with Gasteiger partial charge in [-0.2, -0.15) is 0 Å². The molecule has 1 aromatic carbocycles. The minimum Gasteiger partial charge on any atom is -0.480 e. The van der Waals surface area contributed by atoms with Gasteiger partial charge in [0.1, 0.15) is 6.04 Å². The Labute approximate surface area is 119 Å². The third kappa shape index (κ3) is 4.37. The van der Waals surface area contributed by atoms with Crippen molar-refractivity contribution in [3.63, 3.8) is 0 Å². The Morgan fingerprint density at radius 3 is 2.19 bits per heavy atom. The van der Waals surface area contributed by atoms with Crippen molar-refractivity contribution >= 4 is 17.7 Å². The van der Waals surface area contributed by atoms with E-state index in [2.05, 4.69) is 10.6 Å². The summed E-state index contributed by atoms with van der Waals surface area (Å²) in [5, 5.41) is 13.2. The van der Waals surface area contributed by atoms with Gasteiger partial charge in [-0.3, -0.25) is 0 Å². The van der Waals surface area contributed by atoms with Crippen LogP contribution in [0.5, 0.6) is 0 Å². The molecular weight excluding hydrogens is 289 g/mol. The molecule has 0 fully saturated rings. The topological polar surface area (TPSA) is 78.4 Å². The molecule has 0 aliphatic carbocycles. The maximum atomic E-state index is 13.0. The van der Waals surface area contributed by atoms with Crippen molar-refractivity contribution in [2.24, 2.45) is 5.92 Å². The van der Waals surface area contributed by atoms with Gasteiger partial charge < -0.3 is 15.7 Å². The lowest BCUT2D eigenvalue weighted by Crippen LogP contribution is -2.46. The number of nitrogens with one attached hydrogen (secondary N) is 2. The molecule has 0 heterocycles. The van der Waals surface area contributed by atoms with Crippen molar-refractivity contribution in [3.05, 3.63) is 29.6 Å². The summed E-state index contributed by atoms with van der Waals surface area (Å²) in [6.45, 7) is 3.39. The number of rotatable bonds is 5. The number of benzene rings is 1. The van der Waals surface area contributed by atoms with Crippen molar-refractivity contribution in [2.45, 2.75) is 26.3 Å². The lowest BCUT2D eigenvalue weighted by Gasteiger charge is -2.20. The van der Waals surface area contributed by atoms with E-state index < -0.39 is 35.5 Å². The molecule has 0 aromatic heterocycles. The van der Waals surface area contributed by atoms with Gasteiger partial charge in [0.05, 0.1) is 0 Å². The smallest absolute Gasteiger partial charge is 0.326 e. The second-order valence-electron chi connectivity index (χ2n) is 4.55. The fourth-order valence-corrected chi connectivity index (χ4v) is 1.62. The van der Waals surface area contributed by atoms with E-state index in [0.29, 0.717) is 18.6 Å². The second kappa shape index (κ2) is 6.96. The number of carbonyl (C=O) groups excluding carboxylic acids is 1. The summed E-state index contributed by atoms with van der Waals surface area (Å²) in [6, 6.07) is -0.910. The highest BCUT2D eigenvalue weighted by atomic mass is 19.2. The third-order valence-electron chi connectivity index (χ3n) is 3.01. The van der Waals surface area contributed by atoms with E-state index >= 15 is 0 Å². The van der Waals surface area contributed by atoms with E-state index in [0.717, 1.165) is 0 Å². The summed E-state index contributed by atoms with van der Waals surface area (Å²) in [6.07, 6.45) is 0.511. The van der Waals surface area contributed by atoms with Crippen molar-refractivity contribution in [2.75, 3.05) is 5.32 Å². The zero-order valence-corrected chi connectivity index (χ0v) is 11.4. The molecule has 1 aromatic rings. The Morgan fingerprint density at radius 2 is 1.76 bits per heavy atom. The van der Waals surface area contributed by atoms with E-state index in [9.17, 15) is 22.8 Å². The van der Waals surface area contributed by atoms with Gasteiger partial charge in [0.2, 0.25) is 0 Å². The molecule has 116 valence electrons. The molecule has 0 unspecified atom stereocenters. The third-order valence-corrected chi connectivity index (χ3v) is 3.01. The lowest BCUT2D eigenvalue weighted by atomic mass is 9.99. The SMILES string of the molecule is CC[C@H](C)[C@H](NC(=O)Nc1cc(F)c(F)c(F)c1)C(=O)O. The predicted molar refractivity (Wildman–Crippen MR) is 69.3 cm³/mol. The van der Waals surface area contributed by atoms with Crippen LogP contribution in [0.1, 0.15) is 20.3 Å². The first kappa shape index (κ1) is 16.8. The summed E-state index contributed by atoms with van der Waals surface area (Å²) < 4.78 is 38.7. The number of urea groups is 1. The van der Waals surface area contributed by atoms with Crippen LogP contribution in [-0.2, 0) is 4.79 Å². The van der Waals surface area contributed by atoms with E-state index in [4.69, 9.17) is 5.11 Å². The van der Waals surface area contributed by atoms with Crippen LogP contribution in [0.2, 0.25) is 0 Å². The summed E-state index contributed by atoms with van der Waals surface area (Å²) in [4.78, 5) is 22.7. The Bertz CT molecular complexity index is 528. The van der Waals surface area contributed by atoms with Crippen LogP contribution in [0.25, 0.3) is 0 Å². The molecule has 1 rings (SSSR count). The molecule has 21 heavy (non-hydrogen) atoms. The molecule has 0 spiro atoms. The van der Waals surface area contributed by atoms with E-state index in [1.807, 2.05) is 0 Å². The van der Waals surface area contributed by atoms with Gasteiger partial charge >= 0.3 is 12.0 Å². The molecule has 0 aliphatic heterocycles. The molecule has 2 atom stereocenters. The number of carboxylic acid groups (broad SMARTS) is 1. The Kier molecular flexibility index (Phi) is 5.57. The van der Waals surface area contributed by atoms with Crippen molar-refractivity contribution in [1.82, 2.24) is 5.32 Å². The molecule has 8 heteroatoms. The number of anilines is 1. The first-order chi connectivity index (χ1) is 9.76. The zero-order chi connectivity index (χ0) is 16.2. The van der Waals surface area contributed by atoms with Gasteiger partial charge in [0.15, 0.2) is 17.5 Å². The number of halogens is 3. The molecule has 5 nitrogen and oxygen atoms in total. The van der Waals surface area contributed by atoms with E-state index in [-0.39, 0.29) is 11.6 Å².